The molecule has 0 atom stereocenters. The van der Waals surface area contributed by atoms with Gasteiger partial charge in [0.15, 0.2) is 12.3 Å². The van der Waals surface area contributed by atoms with Crippen molar-refractivity contribution in [2.24, 2.45) is 7.05 Å². The lowest BCUT2D eigenvalue weighted by Gasteiger charge is -2.11. The van der Waals surface area contributed by atoms with E-state index in [1.165, 1.54) is 0 Å². The van der Waals surface area contributed by atoms with E-state index in [0.29, 0.717) is 28.1 Å². The molecule has 0 fully saturated rings. The summed E-state index contributed by atoms with van der Waals surface area (Å²) in [5, 5.41) is 11.8. The molecule has 9 heteroatoms. The van der Waals surface area contributed by atoms with Crippen molar-refractivity contribution in [2.75, 3.05) is 11.9 Å². The molecule has 1 aromatic carbocycles. The molecule has 0 spiro atoms. The number of carbonyl (C=O) groups excluding carboxylic acids is 2. The number of esters is 1. The Hall–Kier alpha value is -4.01. The van der Waals surface area contributed by atoms with Gasteiger partial charge in [-0.1, -0.05) is 30.3 Å². The van der Waals surface area contributed by atoms with Crippen molar-refractivity contribution >= 4 is 28.7 Å². The highest BCUT2D eigenvalue weighted by atomic mass is 16.5. The lowest BCUT2D eigenvalue weighted by atomic mass is 10.1. The SMILES string of the molecule is Cc1cc(NC(=O)COC(=O)c2cc(-c3ccccc3)nc3c2cnn3C(C)C)n(C)n1. The quantitative estimate of drug-likeness (QED) is 0.468. The summed E-state index contributed by atoms with van der Waals surface area (Å²) >= 11 is 0. The molecule has 164 valence electrons. The van der Waals surface area contributed by atoms with Crippen LogP contribution in [0.4, 0.5) is 5.82 Å². The Balaban J connectivity index is 1.61. The molecule has 0 unspecified atom stereocenters. The molecular weight excluding hydrogens is 408 g/mol. The molecule has 9 nitrogen and oxygen atoms in total. The highest BCUT2D eigenvalue weighted by Crippen LogP contribution is 2.26. The summed E-state index contributed by atoms with van der Waals surface area (Å²) in [6, 6.07) is 13.0. The minimum atomic E-state index is -0.616. The molecule has 0 saturated heterocycles. The predicted octanol–water partition coefficient (Wildman–Crippen LogP) is 3.52. The van der Waals surface area contributed by atoms with Crippen molar-refractivity contribution in [3.63, 3.8) is 0 Å². The summed E-state index contributed by atoms with van der Waals surface area (Å²) < 4.78 is 8.64. The van der Waals surface area contributed by atoms with Gasteiger partial charge in [-0.05, 0) is 26.8 Å². The first-order chi connectivity index (χ1) is 15.3. The first-order valence-electron chi connectivity index (χ1n) is 10.2. The van der Waals surface area contributed by atoms with Gasteiger partial charge in [0.25, 0.3) is 5.91 Å². The van der Waals surface area contributed by atoms with E-state index in [9.17, 15) is 9.59 Å². The molecule has 3 aromatic heterocycles. The van der Waals surface area contributed by atoms with Gasteiger partial charge in [0.1, 0.15) is 5.82 Å². The zero-order valence-electron chi connectivity index (χ0n) is 18.4. The smallest absolute Gasteiger partial charge is 0.339 e. The number of fused-ring (bicyclic) bond motifs is 1. The number of aryl methyl sites for hydroxylation is 2. The summed E-state index contributed by atoms with van der Waals surface area (Å²) in [7, 11) is 1.72. The van der Waals surface area contributed by atoms with E-state index >= 15 is 0 Å². The summed E-state index contributed by atoms with van der Waals surface area (Å²) in [5.74, 6) is -0.540. The number of anilines is 1. The van der Waals surface area contributed by atoms with Crippen molar-refractivity contribution in [3.8, 4) is 11.3 Å². The minimum Gasteiger partial charge on any atom is -0.452 e. The van der Waals surface area contributed by atoms with Crippen LogP contribution in [-0.2, 0) is 16.6 Å². The van der Waals surface area contributed by atoms with Gasteiger partial charge >= 0.3 is 5.97 Å². The lowest BCUT2D eigenvalue weighted by molar-refractivity contribution is -0.119. The first kappa shape index (κ1) is 21.2. The van der Waals surface area contributed by atoms with Gasteiger partial charge in [-0.25, -0.2) is 14.5 Å². The van der Waals surface area contributed by atoms with Gasteiger partial charge in [0, 0.05) is 24.7 Å². The van der Waals surface area contributed by atoms with Crippen LogP contribution in [0.5, 0.6) is 0 Å². The highest BCUT2D eigenvalue weighted by Gasteiger charge is 2.20. The van der Waals surface area contributed by atoms with E-state index in [4.69, 9.17) is 9.72 Å². The van der Waals surface area contributed by atoms with E-state index in [1.54, 1.807) is 34.7 Å². The molecule has 0 aliphatic heterocycles. The van der Waals surface area contributed by atoms with Gasteiger partial charge in [-0.15, -0.1) is 0 Å². The second-order valence-corrected chi connectivity index (χ2v) is 7.76. The molecule has 32 heavy (non-hydrogen) atoms. The predicted molar refractivity (Wildman–Crippen MR) is 120 cm³/mol. The molecule has 0 saturated carbocycles. The monoisotopic (exact) mass is 432 g/mol. The lowest BCUT2D eigenvalue weighted by Crippen LogP contribution is -2.22. The molecule has 1 N–H and O–H groups in total. The minimum absolute atomic E-state index is 0.0584. The maximum Gasteiger partial charge on any atom is 0.339 e. The van der Waals surface area contributed by atoms with Crippen LogP contribution in [-0.4, -0.2) is 43.0 Å². The van der Waals surface area contributed by atoms with Crippen LogP contribution in [0.3, 0.4) is 0 Å². The van der Waals surface area contributed by atoms with Crippen molar-refractivity contribution < 1.29 is 14.3 Å². The summed E-state index contributed by atoms with van der Waals surface area (Å²) in [6.07, 6.45) is 1.60. The topological polar surface area (TPSA) is 104 Å². The van der Waals surface area contributed by atoms with Crippen LogP contribution in [0.25, 0.3) is 22.3 Å². The molecule has 1 amide bonds. The number of pyridine rings is 1. The molecule has 0 aliphatic rings. The Bertz CT molecular complexity index is 1290. The highest BCUT2D eigenvalue weighted by molar-refractivity contribution is 6.04. The van der Waals surface area contributed by atoms with Gasteiger partial charge < -0.3 is 10.1 Å². The van der Waals surface area contributed by atoms with Crippen molar-refractivity contribution in [3.05, 3.63) is 59.9 Å². The third-order valence-electron chi connectivity index (χ3n) is 4.95. The molecule has 0 aliphatic carbocycles. The van der Waals surface area contributed by atoms with Crippen LogP contribution < -0.4 is 5.32 Å². The third-order valence-corrected chi connectivity index (χ3v) is 4.95. The summed E-state index contributed by atoms with van der Waals surface area (Å²) in [4.78, 5) is 30.0. The van der Waals surface area contributed by atoms with Crippen molar-refractivity contribution in [1.29, 1.82) is 0 Å². The summed E-state index contributed by atoms with van der Waals surface area (Å²) in [6.45, 7) is 5.38. The molecule has 0 radical (unpaired) electrons. The standard InChI is InChI=1S/C23H24N6O3/c1-14(2)29-22-18(12-24-29)17(11-19(25-22)16-8-6-5-7-9-16)23(31)32-13-21(30)26-20-10-15(3)27-28(20)4/h5-12,14H,13H2,1-4H3,(H,26,30). The molecule has 4 aromatic rings. The van der Waals surface area contributed by atoms with E-state index in [1.807, 2.05) is 51.1 Å². The maximum atomic E-state index is 13.0. The second kappa shape index (κ2) is 8.62. The Morgan fingerprint density at radius 1 is 1.16 bits per heavy atom. The van der Waals surface area contributed by atoms with Crippen LogP contribution in [0, 0.1) is 6.92 Å². The van der Waals surface area contributed by atoms with Gasteiger partial charge in [0.05, 0.1) is 28.5 Å². The Labute approximate surface area is 185 Å². The number of hydrogen-bond acceptors (Lipinski definition) is 6. The number of carbonyl (C=O) groups is 2. The van der Waals surface area contributed by atoms with Crippen LogP contribution in [0.1, 0.15) is 35.9 Å². The fraction of sp³-hybridized carbons (Fsp3) is 0.261. The van der Waals surface area contributed by atoms with E-state index in [-0.39, 0.29) is 6.04 Å². The molecule has 4 rings (SSSR count). The number of ether oxygens (including phenoxy) is 1. The number of benzene rings is 1. The van der Waals surface area contributed by atoms with Crippen LogP contribution >= 0.6 is 0 Å². The third kappa shape index (κ3) is 4.22. The van der Waals surface area contributed by atoms with E-state index in [0.717, 1.165) is 11.3 Å². The van der Waals surface area contributed by atoms with Gasteiger partial charge in [0.2, 0.25) is 0 Å². The Morgan fingerprint density at radius 3 is 2.56 bits per heavy atom. The maximum absolute atomic E-state index is 13.0. The van der Waals surface area contributed by atoms with Crippen LogP contribution in [0.2, 0.25) is 0 Å². The zero-order valence-corrected chi connectivity index (χ0v) is 18.4. The number of amides is 1. The Morgan fingerprint density at radius 2 is 1.91 bits per heavy atom. The largest absolute Gasteiger partial charge is 0.452 e. The average Bonchev–Trinajstić information content (AvgIpc) is 3.34. The van der Waals surface area contributed by atoms with Crippen LogP contribution in [0.15, 0.2) is 48.7 Å². The first-order valence-corrected chi connectivity index (χ1v) is 10.2. The Kier molecular flexibility index (Phi) is 5.72. The fourth-order valence-electron chi connectivity index (χ4n) is 3.44. The van der Waals surface area contributed by atoms with Gasteiger partial charge in [-0.2, -0.15) is 10.2 Å². The second-order valence-electron chi connectivity index (χ2n) is 7.76. The van der Waals surface area contributed by atoms with Crippen molar-refractivity contribution in [1.82, 2.24) is 24.5 Å². The molecular formula is C23H24N6O3. The normalized spacial score (nSPS) is 11.2. The van der Waals surface area contributed by atoms with E-state index < -0.39 is 18.5 Å². The van der Waals surface area contributed by atoms with Gasteiger partial charge in [-0.3, -0.25) is 9.48 Å². The molecule has 3 heterocycles. The average molecular weight is 432 g/mol. The number of nitrogens with zero attached hydrogens (tertiary/aromatic N) is 5. The van der Waals surface area contributed by atoms with Crippen molar-refractivity contribution in [2.45, 2.75) is 26.8 Å². The fourth-order valence-corrected chi connectivity index (χ4v) is 3.44. The summed E-state index contributed by atoms with van der Waals surface area (Å²) in [5.41, 5.74) is 3.16. The van der Waals surface area contributed by atoms with E-state index in [2.05, 4.69) is 15.5 Å². The molecule has 0 bridgehead atoms. The zero-order chi connectivity index (χ0) is 22.8. The number of aromatic nitrogens is 5. The number of rotatable bonds is 6. The number of nitrogens with one attached hydrogen (secondary N) is 1. The number of hydrogen-bond donors (Lipinski definition) is 1.